The minimum absolute atomic E-state index is 0.161. The molecule has 0 amide bonds. The first kappa shape index (κ1) is 25.3. The number of rotatable bonds is 8. The van der Waals surface area contributed by atoms with Gasteiger partial charge in [0.1, 0.15) is 12.4 Å². The maximum Gasteiger partial charge on any atom is 0.339 e. The highest BCUT2D eigenvalue weighted by Gasteiger charge is 2.38. The van der Waals surface area contributed by atoms with Gasteiger partial charge in [0.15, 0.2) is 23.0 Å². The van der Waals surface area contributed by atoms with Crippen LogP contribution in [-0.2, 0) is 11.3 Å². The lowest BCUT2D eigenvalue weighted by Gasteiger charge is -2.39. The van der Waals surface area contributed by atoms with E-state index in [1.165, 1.54) is 12.8 Å². The zero-order chi connectivity index (χ0) is 27.4. The zero-order valence-electron chi connectivity index (χ0n) is 23.2. The van der Waals surface area contributed by atoms with Gasteiger partial charge in [-0.05, 0) is 61.5 Å². The van der Waals surface area contributed by atoms with Crippen LogP contribution in [-0.4, -0.2) is 82.2 Å². The third kappa shape index (κ3) is 4.10. The number of ether oxygens (including phenoxy) is 6. The molecule has 2 fully saturated rings. The average molecular weight is 547 g/mol. The molecule has 4 aliphatic heterocycles. The van der Waals surface area contributed by atoms with Crippen LogP contribution in [0.25, 0.3) is 21.9 Å². The summed E-state index contributed by atoms with van der Waals surface area (Å²) in [5.41, 5.74) is 2.87. The number of cyclic esters (lactones) is 1. The third-order valence-electron chi connectivity index (χ3n) is 8.70. The fourth-order valence-corrected chi connectivity index (χ4v) is 6.91. The second-order valence-corrected chi connectivity index (χ2v) is 11.0. The maximum atomic E-state index is 13.2. The van der Waals surface area contributed by atoms with Gasteiger partial charge >= 0.3 is 5.97 Å². The summed E-state index contributed by atoms with van der Waals surface area (Å²) in [7, 11) is 5.44. The lowest BCUT2D eigenvalue weighted by Crippen LogP contribution is -2.52. The lowest BCUT2D eigenvalue weighted by molar-refractivity contribution is 0.0534. The quantitative estimate of drug-likeness (QED) is 0.300. The Balaban J connectivity index is 1.27. The van der Waals surface area contributed by atoms with Gasteiger partial charge in [-0.2, -0.15) is 0 Å². The number of fused-ring (bicyclic) bond motifs is 5. The molecule has 0 saturated carbocycles. The number of likely N-dealkylation sites (tertiary alicyclic amines) is 1. The van der Waals surface area contributed by atoms with Crippen LogP contribution in [0.15, 0.2) is 30.3 Å². The van der Waals surface area contributed by atoms with E-state index in [4.69, 9.17) is 28.4 Å². The van der Waals surface area contributed by atoms with Crippen LogP contribution in [0, 0.1) is 0 Å². The standard InChI is InChI=1S/C31H34N2O7/c1-32-14-19-6-7-20(15-32)33(19)9-4-10-37-30-22-13-26(36-3)25(35-2)12-21(22)28(29-23(30)16-38-31(29)34)18-5-8-24-27(11-18)40-17-39-24/h5,8,11-13,19-20H,4,6-7,9-10,14-17H2,1-3H3. The van der Waals surface area contributed by atoms with E-state index in [0.29, 0.717) is 53.0 Å². The van der Waals surface area contributed by atoms with Crippen molar-refractivity contribution >= 4 is 16.7 Å². The number of methoxy groups -OCH3 is 2. The van der Waals surface area contributed by atoms with Crippen LogP contribution in [0.2, 0.25) is 0 Å². The first-order valence-corrected chi connectivity index (χ1v) is 13.9. The van der Waals surface area contributed by atoms with Crippen molar-refractivity contribution in [3.05, 3.63) is 41.5 Å². The summed E-state index contributed by atoms with van der Waals surface area (Å²) >= 11 is 0. The molecular weight excluding hydrogens is 512 g/mol. The van der Waals surface area contributed by atoms with Crippen molar-refractivity contribution < 1.29 is 33.2 Å². The Hall–Kier alpha value is -3.69. The average Bonchev–Trinajstić information content (AvgIpc) is 3.65. The molecule has 9 nitrogen and oxygen atoms in total. The summed E-state index contributed by atoms with van der Waals surface area (Å²) in [6.07, 6.45) is 3.45. The highest BCUT2D eigenvalue weighted by molar-refractivity contribution is 6.14. The molecule has 210 valence electrons. The predicted octanol–water partition coefficient (Wildman–Crippen LogP) is 4.47. The van der Waals surface area contributed by atoms with Gasteiger partial charge in [0.25, 0.3) is 0 Å². The molecule has 40 heavy (non-hydrogen) atoms. The molecule has 2 saturated heterocycles. The smallest absolute Gasteiger partial charge is 0.339 e. The first-order chi connectivity index (χ1) is 19.6. The lowest BCUT2D eigenvalue weighted by atomic mass is 9.89. The Morgan fingerprint density at radius 2 is 1.62 bits per heavy atom. The van der Waals surface area contributed by atoms with Crippen molar-refractivity contribution in [2.75, 3.05) is 54.3 Å². The molecule has 4 aliphatic rings. The maximum absolute atomic E-state index is 13.2. The summed E-state index contributed by atoms with van der Waals surface area (Å²) in [6, 6.07) is 10.8. The molecule has 9 heteroatoms. The molecule has 4 heterocycles. The third-order valence-corrected chi connectivity index (χ3v) is 8.70. The van der Waals surface area contributed by atoms with E-state index in [0.717, 1.165) is 53.5 Å². The molecule has 0 aromatic heterocycles. The Labute approximate surface area is 233 Å². The van der Waals surface area contributed by atoms with Crippen molar-refractivity contribution in [3.8, 4) is 39.9 Å². The number of likely N-dealkylation sites (N-methyl/N-ethyl adjacent to an activating group) is 1. The molecule has 2 atom stereocenters. The molecule has 0 aliphatic carbocycles. The molecule has 0 N–H and O–H groups in total. The normalized spacial score (nSPS) is 21.5. The number of hydrogen-bond donors (Lipinski definition) is 0. The molecule has 7 rings (SSSR count). The molecule has 3 aromatic rings. The van der Waals surface area contributed by atoms with Gasteiger partial charge in [0.05, 0.1) is 26.4 Å². The van der Waals surface area contributed by atoms with Gasteiger partial charge < -0.3 is 33.3 Å². The number of hydrogen-bond acceptors (Lipinski definition) is 9. The Bertz CT molecular complexity index is 1470. The van der Waals surface area contributed by atoms with Gasteiger partial charge in [-0.25, -0.2) is 4.79 Å². The minimum atomic E-state index is -0.363. The summed E-state index contributed by atoms with van der Waals surface area (Å²) in [5, 5.41) is 1.67. The number of esters is 1. The monoisotopic (exact) mass is 546 g/mol. The van der Waals surface area contributed by atoms with Crippen molar-refractivity contribution in [3.63, 3.8) is 0 Å². The highest BCUT2D eigenvalue weighted by atomic mass is 16.7. The summed E-state index contributed by atoms with van der Waals surface area (Å²) in [4.78, 5) is 18.3. The van der Waals surface area contributed by atoms with E-state index in [9.17, 15) is 4.79 Å². The van der Waals surface area contributed by atoms with Crippen LogP contribution in [0.3, 0.4) is 0 Å². The molecule has 2 bridgehead atoms. The van der Waals surface area contributed by atoms with Gasteiger partial charge in [-0.15, -0.1) is 0 Å². The van der Waals surface area contributed by atoms with Crippen LogP contribution >= 0.6 is 0 Å². The summed E-state index contributed by atoms with van der Waals surface area (Å²) < 4.78 is 34.6. The van der Waals surface area contributed by atoms with Crippen LogP contribution in [0.5, 0.6) is 28.7 Å². The van der Waals surface area contributed by atoms with Crippen molar-refractivity contribution in [1.29, 1.82) is 0 Å². The van der Waals surface area contributed by atoms with E-state index in [2.05, 4.69) is 16.8 Å². The van der Waals surface area contributed by atoms with Gasteiger partial charge in [0.2, 0.25) is 6.79 Å². The van der Waals surface area contributed by atoms with E-state index in [1.54, 1.807) is 14.2 Å². The zero-order valence-corrected chi connectivity index (χ0v) is 23.2. The molecule has 2 unspecified atom stereocenters. The fraction of sp³-hybridized carbons (Fsp3) is 0.452. The first-order valence-electron chi connectivity index (χ1n) is 13.9. The second kappa shape index (κ2) is 10.1. The van der Waals surface area contributed by atoms with E-state index in [-0.39, 0.29) is 19.4 Å². The van der Waals surface area contributed by atoms with Crippen molar-refractivity contribution in [1.82, 2.24) is 9.80 Å². The topological polar surface area (TPSA) is 78.9 Å². The Kier molecular flexibility index (Phi) is 6.35. The number of piperazine rings is 1. The van der Waals surface area contributed by atoms with Crippen LogP contribution < -0.4 is 23.7 Å². The van der Waals surface area contributed by atoms with E-state index >= 15 is 0 Å². The predicted molar refractivity (Wildman–Crippen MR) is 149 cm³/mol. The van der Waals surface area contributed by atoms with Gasteiger partial charge in [0, 0.05) is 48.2 Å². The fourth-order valence-electron chi connectivity index (χ4n) is 6.91. The molecule has 3 aromatic carbocycles. The molecule has 0 radical (unpaired) electrons. The van der Waals surface area contributed by atoms with E-state index < -0.39 is 0 Å². The summed E-state index contributed by atoms with van der Waals surface area (Å²) in [5.74, 6) is 2.79. The van der Waals surface area contributed by atoms with E-state index in [1.807, 2.05) is 30.3 Å². The Morgan fingerprint density at radius 1 is 0.900 bits per heavy atom. The largest absolute Gasteiger partial charge is 0.493 e. The number of carbonyl (C=O) groups is 1. The van der Waals surface area contributed by atoms with Crippen molar-refractivity contribution in [2.45, 2.75) is 38.0 Å². The number of benzene rings is 3. The molecule has 0 spiro atoms. The van der Waals surface area contributed by atoms with Crippen LogP contribution in [0.1, 0.15) is 35.2 Å². The van der Waals surface area contributed by atoms with Gasteiger partial charge in [-0.3, -0.25) is 4.90 Å². The minimum Gasteiger partial charge on any atom is -0.493 e. The van der Waals surface area contributed by atoms with Crippen molar-refractivity contribution in [2.24, 2.45) is 0 Å². The number of carbonyl (C=O) groups excluding carboxylic acids is 1. The SMILES string of the molecule is COc1cc2c(OCCCN3C4CCC3CN(C)C4)c3c(c(-c4ccc5c(c4)OCO5)c2cc1OC)C(=O)OC3. The van der Waals surface area contributed by atoms with Crippen LogP contribution in [0.4, 0.5) is 0 Å². The molecular formula is C31H34N2O7. The summed E-state index contributed by atoms with van der Waals surface area (Å²) in [6.45, 7) is 4.15. The van der Waals surface area contributed by atoms with Gasteiger partial charge in [-0.1, -0.05) is 6.07 Å². The number of nitrogens with zero attached hydrogens (tertiary/aromatic N) is 2. The Morgan fingerprint density at radius 3 is 2.38 bits per heavy atom. The highest BCUT2D eigenvalue weighted by Crippen LogP contribution is 2.49. The second-order valence-electron chi connectivity index (χ2n) is 11.0.